The van der Waals surface area contributed by atoms with Gasteiger partial charge in [0, 0.05) is 31.4 Å². The molecule has 2 rings (SSSR count). The number of nitrogens with one attached hydrogen (secondary N) is 2. The number of piperazine rings is 1. The normalized spacial score (nSPS) is 21.3. The van der Waals surface area contributed by atoms with E-state index in [0.29, 0.717) is 6.04 Å². The number of hydrogen-bond donors (Lipinski definition) is 3. The Labute approximate surface area is 90.5 Å². The summed E-state index contributed by atoms with van der Waals surface area (Å²) in [7, 11) is 0. The quantitative estimate of drug-likeness (QED) is 0.609. The Morgan fingerprint density at radius 3 is 2.79 bits per heavy atom. The lowest BCUT2D eigenvalue weighted by molar-refractivity contribution is 0.430. The van der Waals surface area contributed by atoms with Crippen LogP contribution in [0.5, 0.6) is 0 Å². The monoisotopic (exact) mass is 213 g/mol. The van der Waals surface area contributed by atoms with Crippen molar-refractivity contribution in [3.8, 4) is 0 Å². The van der Waals surface area contributed by atoms with Crippen LogP contribution in [0.2, 0.25) is 0 Å². The third-order valence-electron chi connectivity index (χ3n) is 2.35. The lowest BCUT2D eigenvalue weighted by Gasteiger charge is -2.24. The van der Waals surface area contributed by atoms with E-state index in [1.807, 2.05) is 18.2 Å². The number of rotatable bonds is 1. The zero-order chi connectivity index (χ0) is 9.10. The number of nitrogen functional groups attached to an aromatic ring is 1. The van der Waals surface area contributed by atoms with Gasteiger partial charge in [-0.2, -0.15) is 0 Å². The van der Waals surface area contributed by atoms with Crippen LogP contribution in [0.1, 0.15) is 11.6 Å². The van der Waals surface area contributed by atoms with E-state index in [1.165, 1.54) is 5.56 Å². The van der Waals surface area contributed by atoms with Crippen molar-refractivity contribution < 1.29 is 0 Å². The topological polar surface area (TPSA) is 50.1 Å². The summed E-state index contributed by atoms with van der Waals surface area (Å²) in [6.07, 6.45) is 0. The maximum absolute atomic E-state index is 5.72. The van der Waals surface area contributed by atoms with E-state index in [2.05, 4.69) is 16.7 Å². The smallest absolute Gasteiger partial charge is 0.0447 e. The highest BCUT2D eigenvalue weighted by atomic mass is 35.5. The Kier molecular flexibility index (Phi) is 4.20. The second-order valence-corrected chi connectivity index (χ2v) is 3.38. The molecule has 78 valence electrons. The predicted molar refractivity (Wildman–Crippen MR) is 61.7 cm³/mol. The van der Waals surface area contributed by atoms with Crippen molar-refractivity contribution in [2.75, 3.05) is 25.4 Å². The van der Waals surface area contributed by atoms with E-state index >= 15 is 0 Å². The van der Waals surface area contributed by atoms with Crippen molar-refractivity contribution in [3.63, 3.8) is 0 Å². The Bertz CT molecular complexity index is 284. The Morgan fingerprint density at radius 2 is 2.14 bits per heavy atom. The van der Waals surface area contributed by atoms with E-state index in [0.717, 1.165) is 25.3 Å². The molecule has 1 saturated heterocycles. The van der Waals surface area contributed by atoms with Crippen LogP contribution in [0.4, 0.5) is 5.69 Å². The maximum Gasteiger partial charge on any atom is 0.0447 e. The third kappa shape index (κ3) is 2.61. The van der Waals surface area contributed by atoms with Crippen molar-refractivity contribution >= 4 is 18.1 Å². The van der Waals surface area contributed by atoms with Gasteiger partial charge in [0.2, 0.25) is 0 Å². The molecule has 0 amide bonds. The molecule has 4 N–H and O–H groups in total. The molecule has 0 aliphatic carbocycles. The van der Waals surface area contributed by atoms with Gasteiger partial charge in [-0.1, -0.05) is 12.1 Å². The van der Waals surface area contributed by atoms with Crippen LogP contribution in [0.15, 0.2) is 24.3 Å². The SMILES string of the molecule is Cl.Nc1cccc(C2CNCCN2)c1. The van der Waals surface area contributed by atoms with Crippen molar-refractivity contribution in [2.45, 2.75) is 6.04 Å². The van der Waals surface area contributed by atoms with Crippen LogP contribution < -0.4 is 16.4 Å². The second-order valence-electron chi connectivity index (χ2n) is 3.38. The van der Waals surface area contributed by atoms with Gasteiger partial charge in [-0.3, -0.25) is 0 Å². The number of anilines is 1. The van der Waals surface area contributed by atoms with Crippen LogP contribution in [0.25, 0.3) is 0 Å². The number of halogens is 1. The zero-order valence-corrected chi connectivity index (χ0v) is 8.81. The molecule has 1 fully saturated rings. The third-order valence-corrected chi connectivity index (χ3v) is 2.35. The summed E-state index contributed by atoms with van der Waals surface area (Å²) >= 11 is 0. The van der Waals surface area contributed by atoms with Gasteiger partial charge in [-0.25, -0.2) is 0 Å². The first-order chi connectivity index (χ1) is 6.36. The molecule has 0 bridgehead atoms. The van der Waals surface area contributed by atoms with Gasteiger partial charge in [-0.05, 0) is 17.7 Å². The first-order valence-corrected chi connectivity index (χ1v) is 4.66. The van der Waals surface area contributed by atoms with Gasteiger partial charge in [0.15, 0.2) is 0 Å². The lowest BCUT2D eigenvalue weighted by Crippen LogP contribution is -2.42. The van der Waals surface area contributed by atoms with Gasteiger partial charge >= 0.3 is 0 Å². The molecule has 1 unspecified atom stereocenters. The summed E-state index contributed by atoms with van der Waals surface area (Å²) in [6, 6.07) is 8.48. The molecule has 1 atom stereocenters. The first kappa shape index (κ1) is 11.3. The molecule has 4 heteroatoms. The summed E-state index contributed by atoms with van der Waals surface area (Å²) in [6.45, 7) is 3.07. The van der Waals surface area contributed by atoms with E-state index < -0.39 is 0 Å². The van der Waals surface area contributed by atoms with Gasteiger partial charge in [0.25, 0.3) is 0 Å². The summed E-state index contributed by atoms with van der Waals surface area (Å²) < 4.78 is 0. The highest BCUT2D eigenvalue weighted by Crippen LogP contribution is 2.15. The minimum absolute atomic E-state index is 0. The van der Waals surface area contributed by atoms with Gasteiger partial charge in [0.1, 0.15) is 0 Å². The maximum atomic E-state index is 5.72. The highest BCUT2D eigenvalue weighted by Gasteiger charge is 2.13. The molecule has 0 aromatic heterocycles. The highest BCUT2D eigenvalue weighted by molar-refractivity contribution is 5.85. The van der Waals surface area contributed by atoms with Crippen molar-refractivity contribution in [1.82, 2.24) is 10.6 Å². The molecule has 0 spiro atoms. The summed E-state index contributed by atoms with van der Waals surface area (Å²) in [5.74, 6) is 0. The average molecular weight is 214 g/mol. The van der Waals surface area contributed by atoms with Gasteiger partial charge < -0.3 is 16.4 Å². The fourth-order valence-corrected chi connectivity index (χ4v) is 1.66. The van der Waals surface area contributed by atoms with Crippen molar-refractivity contribution in [3.05, 3.63) is 29.8 Å². The Balaban J connectivity index is 0.000000980. The minimum atomic E-state index is 0. The Morgan fingerprint density at radius 1 is 1.29 bits per heavy atom. The van der Waals surface area contributed by atoms with E-state index in [9.17, 15) is 0 Å². The molecule has 14 heavy (non-hydrogen) atoms. The Hall–Kier alpha value is -0.770. The molecule has 1 aliphatic heterocycles. The minimum Gasteiger partial charge on any atom is -0.399 e. The van der Waals surface area contributed by atoms with Crippen LogP contribution >= 0.6 is 12.4 Å². The van der Waals surface area contributed by atoms with Crippen LogP contribution in [-0.4, -0.2) is 19.6 Å². The van der Waals surface area contributed by atoms with Crippen molar-refractivity contribution in [2.24, 2.45) is 0 Å². The van der Waals surface area contributed by atoms with E-state index in [1.54, 1.807) is 0 Å². The van der Waals surface area contributed by atoms with Crippen LogP contribution in [-0.2, 0) is 0 Å². The van der Waals surface area contributed by atoms with E-state index in [4.69, 9.17) is 5.73 Å². The number of hydrogen-bond acceptors (Lipinski definition) is 3. The second kappa shape index (κ2) is 5.20. The average Bonchev–Trinajstić information content (AvgIpc) is 2.19. The van der Waals surface area contributed by atoms with Crippen LogP contribution in [0, 0.1) is 0 Å². The zero-order valence-electron chi connectivity index (χ0n) is 7.99. The molecular formula is C10H16ClN3. The first-order valence-electron chi connectivity index (χ1n) is 4.66. The van der Waals surface area contributed by atoms with Gasteiger partial charge in [0.05, 0.1) is 0 Å². The standard InChI is InChI=1S/C10H15N3.ClH/c11-9-3-1-2-8(6-9)10-7-12-4-5-13-10;/h1-3,6,10,12-13H,4-5,7,11H2;1H. The van der Waals surface area contributed by atoms with Crippen LogP contribution in [0.3, 0.4) is 0 Å². The summed E-state index contributed by atoms with van der Waals surface area (Å²) in [5, 5.41) is 6.79. The molecule has 0 radical (unpaired) electrons. The fraction of sp³-hybridized carbons (Fsp3) is 0.400. The molecule has 1 aromatic carbocycles. The fourth-order valence-electron chi connectivity index (χ4n) is 1.66. The molecule has 0 saturated carbocycles. The van der Waals surface area contributed by atoms with Crippen molar-refractivity contribution in [1.29, 1.82) is 0 Å². The molecular weight excluding hydrogens is 198 g/mol. The summed E-state index contributed by atoms with van der Waals surface area (Å²) in [5.41, 5.74) is 7.83. The van der Waals surface area contributed by atoms with Gasteiger partial charge in [-0.15, -0.1) is 12.4 Å². The number of nitrogens with two attached hydrogens (primary N) is 1. The molecule has 1 aliphatic rings. The molecule has 3 nitrogen and oxygen atoms in total. The largest absolute Gasteiger partial charge is 0.399 e. The van der Waals surface area contributed by atoms with E-state index in [-0.39, 0.29) is 12.4 Å². The summed E-state index contributed by atoms with van der Waals surface area (Å²) in [4.78, 5) is 0. The molecule has 1 heterocycles. The predicted octanol–water partition coefficient (Wildman–Crippen LogP) is 0.924. The number of benzene rings is 1. The lowest BCUT2D eigenvalue weighted by atomic mass is 10.1. The molecule has 1 aromatic rings.